The predicted octanol–water partition coefficient (Wildman–Crippen LogP) is 3.16. The van der Waals surface area contributed by atoms with Crippen LogP contribution in [0.3, 0.4) is 0 Å². The van der Waals surface area contributed by atoms with Crippen LogP contribution >= 0.6 is 0 Å². The molecule has 1 unspecified atom stereocenters. The maximum absolute atomic E-state index is 12.6. The number of anilines is 1. The highest BCUT2D eigenvalue weighted by molar-refractivity contribution is 5.97. The van der Waals surface area contributed by atoms with Crippen molar-refractivity contribution in [3.8, 4) is 0 Å². The molecule has 0 spiro atoms. The summed E-state index contributed by atoms with van der Waals surface area (Å²) in [6.45, 7) is 4.99. The summed E-state index contributed by atoms with van der Waals surface area (Å²) in [4.78, 5) is 38.3. The molecular weight excluding hydrogens is 356 g/mol. The van der Waals surface area contributed by atoms with Gasteiger partial charge in [0.05, 0.1) is 18.1 Å². The Balaban J connectivity index is 1.58. The fraction of sp³-hybridized carbons (Fsp3) is 0.318. The first-order valence-electron chi connectivity index (χ1n) is 9.38. The molecule has 1 heterocycles. The van der Waals surface area contributed by atoms with Gasteiger partial charge in [0.2, 0.25) is 11.8 Å². The van der Waals surface area contributed by atoms with Crippen molar-refractivity contribution in [3.05, 3.63) is 65.2 Å². The Morgan fingerprint density at radius 3 is 2.54 bits per heavy atom. The molecule has 1 aliphatic heterocycles. The lowest BCUT2D eigenvalue weighted by Crippen LogP contribution is -2.28. The Labute approximate surface area is 164 Å². The van der Waals surface area contributed by atoms with E-state index < -0.39 is 5.97 Å². The van der Waals surface area contributed by atoms with Gasteiger partial charge in [0, 0.05) is 25.2 Å². The third-order valence-electron chi connectivity index (χ3n) is 4.87. The zero-order chi connectivity index (χ0) is 20.1. The SMILES string of the molecule is CCOC(=O)c1ccc(NC(=O)C2CC(=O)N(Cc3ccccc3C)C2)cc1. The minimum Gasteiger partial charge on any atom is -0.462 e. The normalized spacial score (nSPS) is 16.1. The molecule has 1 aliphatic rings. The number of ether oxygens (including phenoxy) is 1. The van der Waals surface area contributed by atoms with Crippen LogP contribution in [0.4, 0.5) is 5.69 Å². The van der Waals surface area contributed by atoms with Crippen LogP contribution < -0.4 is 5.32 Å². The van der Waals surface area contributed by atoms with Crippen LogP contribution in [0.25, 0.3) is 0 Å². The minimum atomic E-state index is -0.395. The molecule has 0 aliphatic carbocycles. The van der Waals surface area contributed by atoms with E-state index in [0.29, 0.717) is 30.9 Å². The second kappa shape index (κ2) is 8.69. The van der Waals surface area contributed by atoms with Crippen LogP contribution in [0.2, 0.25) is 0 Å². The van der Waals surface area contributed by atoms with Gasteiger partial charge in [-0.1, -0.05) is 24.3 Å². The van der Waals surface area contributed by atoms with Crippen molar-refractivity contribution in [1.29, 1.82) is 0 Å². The number of nitrogens with one attached hydrogen (secondary N) is 1. The molecule has 1 fully saturated rings. The lowest BCUT2D eigenvalue weighted by molar-refractivity contribution is -0.128. The molecule has 0 saturated carbocycles. The number of esters is 1. The van der Waals surface area contributed by atoms with E-state index >= 15 is 0 Å². The highest BCUT2D eigenvalue weighted by Crippen LogP contribution is 2.23. The maximum atomic E-state index is 12.6. The summed E-state index contributed by atoms with van der Waals surface area (Å²) in [5.41, 5.74) is 3.24. The van der Waals surface area contributed by atoms with Crippen LogP contribution in [0, 0.1) is 12.8 Å². The largest absolute Gasteiger partial charge is 0.462 e. The molecular formula is C22H24N2O4. The lowest BCUT2D eigenvalue weighted by Gasteiger charge is -2.18. The van der Waals surface area contributed by atoms with Crippen LogP contribution in [-0.4, -0.2) is 35.8 Å². The average Bonchev–Trinajstić information content (AvgIpc) is 3.05. The smallest absolute Gasteiger partial charge is 0.338 e. The minimum absolute atomic E-state index is 0.0129. The van der Waals surface area contributed by atoms with E-state index in [-0.39, 0.29) is 24.2 Å². The number of likely N-dealkylation sites (tertiary alicyclic amines) is 1. The zero-order valence-electron chi connectivity index (χ0n) is 16.1. The summed E-state index contributed by atoms with van der Waals surface area (Å²) in [6, 6.07) is 14.5. The van der Waals surface area contributed by atoms with Gasteiger partial charge in [-0.25, -0.2) is 4.79 Å². The van der Waals surface area contributed by atoms with Crippen LogP contribution in [0.15, 0.2) is 48.5 Å². The van der Waals surface area contributed by atoms with Gasteiger partial charge in [0.25, 0.3) is 0 Å². The molecule has 6 nitrogen and oxygen atoms in total. The van der Waals surface area contributed by atoms with Gasteiger partial charge < -0.3 is 15.0 Å². The van der Waals surface area contributed by atoms with Gasteiger partial charge in [0.15, 0.2) is 0 Å². The second-order valence-corrected chi connectivity index (χ2v) is 6.89. The average molecular weight is 380 g/mol. The van der Waals surface area contributed by atoms with Crippen molar-refractivity contribution >= 4 is 23.5 Å². The summed E-state index contributed by atoms with van der Waals surface area (Å²) in [6.07, 6.45) is 0.207. The summed E-state index contributed by atoms with van der Waals surface area (Å²) in [7, 11) is 0. The molecule has 0 bridgehead atoms. The molecule has 2 aromatic rings. The van der Waals surface area contributed by atoms with Crippen LogP contribution in [0.5, 0.6) is 0 Å². The van der Waals surface area contributed by atoms with Gasteiger partial charge in [-0.05, 0) is 49.2 Å². The molecule has 28 heavy (non-hydrogen) atoms. The van der Waals surface area contributed by atoms with Crippen molar-refractivity contribution in [2.45, 2.75) is 26.8 Å². The number of benzene rings is 2. The molecule has 2 aromatic carbocycles. The Morgan fingerprint density at radius 2 is 1.86 bits per heavy atom. The quantitative estimate of drug-likeness (QED) is 0.781. The summed E-state index contributed by atoms with van der Waals surface area (Å²) in [5.74, 6) is -0.986. The topological polar surface area (TPSA) is 75.7 Å². The number of carbonyl (C=O) groups is 3. The Bertz CT molecular complexity index is 876. The van der Waals surface area contributed by atoms with E-state index in [1.54, 1.807) is 36.1 Å². The first kappa shape index (κ1) is 19.6. The highest BCUT2D eigenvalue weighted by Gasteiger charge is 2.34. The molecule has 2 amide bonds. The van der Waals surface area contributed by atoms with Crippen molar-refractivity contribution in [1.82, 2.24) is 4.90 Å². The summed E-state index contributed by atoms with van der Waals surface area (Å²) < 4.78 is 4.94. The lowest BCUT2D eigenvalue weighted by atomic mass is 10.1. The van der Waals surface area contributed by atoms with E-state index in [2.05, 4.69) is 5.32 Å². The van der Waals surface area contributed by atoms with Gasteiger partial charge in [-0.3, -0.25) is 9.59 Å². The van der Waals surface area contributed by atoms with E-state index in [1.165, 1.54) is 0 Å². The molecule has 146 valence electrons. The molecule has 0 aromatic heterocycles. The summed E-state index contributed by atoms with van der Waals surface area (Å²) >= 11 is 0. The standard InChI is InChI=1S/C22H24N2O4/c1-3-28-22(27)16-8-10-19(11-9-16)23-21(26)18-12-20(25)24(14-18)13-17-7-5-4-6-15(17)2/h4-11,18H,3,12-14H2,1-2H3,(H,23,26). The van der Waals surface area contributed by atoms with E-state index in [9.17, 15) is 14.4 Å². The van der Waals surface area contributed by atoms with Crippen LogP contribution in [-0.2, 0) is 20.9 Å². The van der Waals surface area contributed by atoms with Gasteiger partial charge >= 0.3 is 5.97 Å². The molecule has 6 heteroatoms. The number of rotatable bonds is 6. The second-order valence-electron chi connectivity index (χ2n) is 6.89. The first-order chi connectivity index (χ1) is 13.5. The molecule has 1 atom stereocenters. The molecule has 0 radical (unpaired) electrons. The van der Waals surface area contributed by atoms with Crippen molar-refractivity contribution in [2.75, 3.05) is 18.5 Å². The van der Waals surface area contributed by atoms with Gasteiger partial charge in [-0.2, -0.15) is 0 Å². The van der Waals surface area contributed by atoms with Crippen molar-refractivity contribution in [3.63, 3.8) is 0 Å². The Hall–Kier alpha value is -3.15. The number of hydrogen-bond donors (Lipinski definition) is 1. The number of nitrogens with zero attached hydrogens (tertiary/aromatic N) is 1. The summed E-state index contributed by atoms with van der Waals surface area (Å²) in [5, 5.41) is 2.83. The molecule has 1 N–H and O–H groups in total. The predicted molar refractivity (Wildman–Crippen MR) is 106 cm³/mol. The van der Waals surface area contributed by atoms with Crippen molar-refractivity contribution in [2.24, 2.45) is 5.92 Å². The van der Waals surface area contributed by atoms with Crippen LogP contribution in [0.1, 0.15) is 34.8 Å². The maximum Gasteiger partial charge on any atom is 0.338 e. The van der Waals surface area contributed by atoms with E-state index in [1.807, 2.05) is 31.2 Å². The number of hydrogen-bond acceptors (Lipinski definition) is 4. The Morgan fingerprint density at radius 1 is 1.14 bits per heavy atom. The third-order valence-corrected chi connectivity index (χ3v) is 4.87. The van der Waals surface area contributed by atoms with Gasteiger partial charge in [-0.15, -0.1) is 0 Å². The Kier molecular flexibility index (Phi) is 6.09. The zero-order valence-corrected chi connectivity index (χ0v) is 16.1. The number of amides is 2. The monoisotopic (exact) mass is 380 g/mol. The number of carbonyl (C=O) groups excluding carboxylic acids is 3. The highest BCUT2D eigenvalue weighted by atomic mass is 16.5. The van der Waals surface area contributed by atoms with E-state index in [0.717, 1.165) is 11.1 Å². The van der Waals surface area contributed by atoms with E-state index in [4.69, 9.17) is 4.74 Å². The molecule has 1 saturated heterocycles. The first-order valence-corrected chi connectivity index (χ1v) is 9.38. The van der Waals surface area contributed by atoms with Gasteiger partial charge in [0.1, 0.15) is 0 Å². The number of aryl methyl sites for hydroxylation is 1. The fourth-order valence-corrected chi connectivity index (χ4v) is 3.24. The fourth-order valence-electron chi connectivity index (χ4n) is 3.24. The van der Waals surface area contributed by atoms with Crippen molar-refractivity contribution < 1.29 is 19.1 Å². The molecule has 3 rings (SSSR count). The third kappa shape index (κ3) is 4.57.